The van der Waals surface area contributed by atoms with Gasteiger partial charge in [-0.1, -0.05) is 29.8 Å². The fraction of sp³-hybridized carbons (Fsp3) is 0.250. The van der Waals surface area contributed by atoms with E-state index in [-0.39, 0.29) is 0 Å². The Balaban J connectivity index is 1.92. The van der Waals surface area contributed by atoms with Crippen LogP contribution in [0.15, 0.2) is 48.2 Å². The standard InChI is InChI=1S/C16H18N2O2/c1-12(10-15(19)20)11-17-9-7-14-5-2-4-13-6-3-8-18-16(13)14/h2-6,8,10,17H,7,9,11H2,1H3,(H,19,20)/b12-10-. The van der Waals surface area contributed by atoms with Crippen LogP contribution < -0.4 is 5.32 Å². The monoisotopic (exact) mass is 270 g/mol. The smallest absolute Gasteiger partial charge is 0.328 e. The Hall–Kier alpha value is -2.20. The fourth-order valence-corrected chi connectivity index (χ4v) is 2.14. The molecule has 0 fully saturated rings. The van der Waals surface area contributed by atoms with Gasteiger partial charge in [0, 0.05) is 24.2 Å². The zero-order valence-electron chi connectivity index (χ0n) is 11.5. The Morgan fingerprint density at radius 3 is 2.95 bits per heavy atom. The predicted octanol–water partition coefficient (Wildman–Crippen LogP) is 2.40. The first kappa shape index (κ1) is 14.2. The second-order valence-electron chi connectivity index (χ2n) is 4.75. The Kier molecular flexibility index (Phi) is 4.85. The van der Waals surface area contributed by atoms with Crippen LogP contribution in [0.5, 0.6) is 0 Å². The number of hydrogen-bond donors (Lipinski definition) is 2. The average Bonchev–Trinajstić information content (AvgIpc) is 2.43. The van der Waals surface area contributed by atoms with Crippen LogP contribution in [0.4, 0.5) is 0 Å². The van der Waals surface area contributed by atoms with Crippen molar-refractivity contribution in [1.82, 2.24) is 10.3 Å². The van der Waals surface area contributed by atoms with E-state index < -0.39 is 5.97 Å². The number of rotatable bonds is 6. The number of fused-ring (bicyclic) bond motifs is 1. The summed E-state index contributed by atoms with van der Waals surface area (Å²) in [6.45, 7) is 3.19. The lowest BCUT2D eigenvalue weighted by atomic mass is 10.1. The summed E-state index contributed by atoms with van der Waals surface area (Å²) in [6, 6.07) is 10.2. The molecule has 4 heteroatoms. The van der Waals surface area contributed by atoms with E-state index >= 15 is 0 Å². The summed E-state index contributed by atoms with van der Waals surface area (Å²) in [5.74, 6) is -0.900. The van der Waals surface area contributed by atoms with Gasteiger partial charge in [-0.3, -0.25) is 4.98 Å². The van der Waals surface area contributed by atoms with E-state index in [1.165, 1.54) is 11.6 Å². The van der Waals surface area contributed by atoms with Crippen LogP contribution >= 0.6 is 0 Å². The molecule has 1 aromatic heterocycles. The number of para-hydroxylation sites is 1. The van der Waals surface area contributed by atoms with E-state index in [0.29, 0.717) is 6.54 Å². The van der Waals surface area contributed by atoms with Crippen molar-refractivity contribution in [2.45, 2.75) is 13.3 Å². The minimum Gasteiger partial charge on any atom is -0.478 e. The largest absolute Gasteiger partial charge is 0.478 e. The van der Waals surface area contributed by atoms with Gasteiger partial charge >= 0.3 is 5.97 Å². The number of carboxylic acids is 1. The van der Waals surface area contributed by atoms with Crippen LogP contribution in [0.1, 0.15) is 12.5 Å². The highest BCUT2D eigenvalue weighted by Crippen LogP contribution is 2.15. The molecule has 104 valence electrons. The van der Waals surface area contributed by atoms with Crippen molar-refractivity contribution in [3.63, 3.8) is 0 Å². The highest BCUT2D eigenvalue weighted by molar-refractivity contribution is 5.81. The van der Waals surface area contributed by atoms with Gasteiger partial charge in [0.1, 0.15) is 0 Å². The molecule has 1 aromatic carbocycles. The summed E-state index contributed by atoms with van der Waals surface area (Å²) in [7, 11) is 0. The van der Waals surface area contributed by atoms with E-state index in [1.807, 2.05) is 12.1 Å². The van der Waals surface area contributed by atoms with Crippen LogP contribution in [-0.2, 0) is 11.2 Å². The van der Waals surface area contributed by atoms with Gasteiger partial charge in [-0.05, 0) is 31.5 Å². The first-order valence-corrected chi connectivity index (χ1v) is 6.60. The predicted molar refractivity (Wildman–Crippen MR) is 79.7 cm³/mol. The number of pyridine rings is 1. The van der Waals surface area contributed by atoms with E-state index in [9.17, 15) is 4.79 Å². The molecule has 1 heterocycles. The van der Waals surface area contributed by atoms with Crippen LogP contribution in [0.2, 0.25) is 0 Å². The van der Waals surface area contributed by atoms with Gasteiger partial charge in [-0.2, -0.15) is 0 Å². The van der Waals surface area contributed by atoms with Gasteiger partial charge in [0.2, 0.25) is 0 Å². The molecule has 0 radical (unpaired) electrons. The maximum absolute atomic E-state index is 10.5. The Morgan fingerprint density at radius 2 is 2.15 bits per heavy atom. The summed E-state index contributed by atoms with van der Waals surface area (Å²) in [6.07, 6.45) is 3.90. The summed E-state index contributed by atoms with van der Waals surface area (Å²) < 4.78 is 0. The SMILES string of the molecule is C/C(=C/C(=O)O)CNCCc1cccc2cccnc12. The summed E-state index contributed by atoms with van der Waals surface area (Å²) >= 11 is 0. The third-order valence-corrected chi connectivity index (χ3v) is 3.06. The molecule has 0 aliphatic heterocycles. The molecule has 0 spiro atoms. The molecule has 0 unspecified atom stereocenters. The van der Waals surface area contributed by atoms with Crippen LogP contribution in [0.3, 0.4) is 0 Å². The summed E-state index contributed by atoms with van der Waals surface area (Å²) in [5, 5.41) is 13.0. The number of carboxylic acid groups (broad SMARTS) is 1. The van der Waals surface area contributed by atoms with Crippen molar-refractivity contribution < 1.29 is 9.90 Å². The van der Waals surface area contributed by atoms with Crippen molar-refractivity contribution in [1.29, 1.82) is 0 Å². The highest BCUT2D eigenvalue weighted by atomic mass is 16.4. The van der Waals surface area contributed by atoms with E-state index in [2.05, 4.69) is 28.5 Å². The number of aromatic nitrogens is 1. The summed E-state index contributed by atoms with van der Waals surface area (Å²) in [5.41, 5.74) is 3.05. The van der Waals surface area contributed by atoms with Crippen molar-refractivity contribution in [2.24, 2.45) is 0 Å². The fourth-order valence-electron chi connectivity index (χ4n) is 2.14. The van der Waals surface area contributed by atoms with Crippen LogP contribution in [-0.4, -0.2) is 29.1 Å². The molecule has 2 aromatic rings. The molecule has 0 aliphatic rings. The molecule has 4 nitrogen and oxygen atoms in total. The molecule has 0 bridgehead atoms. The quantitative estimate of drug-likeness (QED) is 0.625. The molecule has 0 aliphatic carbocycles. The lowest BCUT2D eigenvalue weighted by molar-refractivity contribution is -0.131. The van der Waals surface area contributed by atoms with Gasteiger partial charge in [-0.15, -0.1) is 0 Å². The number of benzene rings is 1. The highest BCUT2D eigenvalue weighted by Gasteiger charge is 2.01. The molecular weight excluding hydrogens is 252 g/mol. The molecular formula is C16H18N2O2. The van der Waals surface area contributed by atoms with Crippen molar-refractivity contribution >= 4 is 16.9 Å². The maximum Gasteiger partial charge on any atom is 0.328 e. The number of nitrogens with one attached hydrogen (secondary N) is 1. The Morgan fingerprint density at radius 1 is 1.35 bits per heavy atom. The molecule has 0 atom stereocenters. The first-order chi connectivity index (χ1) is 9.66. The average molecular weight is 270 g/mol. The summed E-state index contributed by atoms with van der Waals surface area (Å²) in [4.78, 5) is 14.9. The third-order valence-electron chi connectivity index (χ3n) is 3.06. The molecule has 2 rings (SSSR count). The second-order valence-corrected chi connectivity index (χ2v) is 4.75. The van der Waals surface area contributed by atoms with E-state index in [4.69, 9.17) is 5.11 Å². The number of nitrogens with zero attached hydrogens (tertiary/aromatic N) is 1. The van der Waals surface area contributed by atoms with Crippen molar-refractivity contribution in [2.75, 3.05) is 13.1 Å². The minimum atomic E-state index is -0.900. The topological polar surface area (TPSA) is 62.2 Å². The first-order valence-electron chi connectivity index (χ1n) is 6.60. The van der Waals surface area contributed by atoms with Crippen LogP contribution in [0, 0.1) is 0 Å². The zero-order valence-corrected chi connectivity index (χ0v) is 11.5. The molecule has 0 saturated heterocycles. The normalized spacial score (nSPS) is 11.8. The van der Waals surface area contributed by atoms with Gasteiger partial charge < -0.3 is 10.4 Å². The minimum absolute atomic E-state index is 0.588. The molecule has 0 saturated carbocycles. The molecule has 2 N–H and O–H groups in total. The molecule has 0 amide bonds. The van der Waals surface area contributed by atoms with Gasteiger partial charge in [0.05, 0.1) is 5.52 Å². The maximum atomic E-state index is 10.5. The zero-order chi connectivity index (χ0) is 14.4. The Bertz CT molecular complexity index is 630. The van der Waals surface area contributed by atoms with Gasteiger partial charge in [0.15, 0.2) is 0 Å². The lowest BCUT2D eigenvalue weighted by Gasteiger charge is -2.07. The lowest BCUT2D eigenvalue weighted by Crippen LogP contribution is -2.19. The number of carbonyl (C=O) groups is 1. The van der Waals surface area contributed by atoms with E-state index in [1.54, 1.807) is 13.1 Å². The third kappa shape index (κ3) is 3.90. The van der Waals surface area contributed by atoms with Crippen molar-refractivity contribution in [3.05, 3.63) is 53.7 Å². The second kappa shape index (κ2) is 6.82. The van der Waals surface area contributed by atoms with Crippen LogP contribution in [0.25, 0.3) is 10.9 Å². The Labute approximate surface area is 118 Å². The van der Waals surface area contributed by atoms with E-state index in [0.717, 1.165) is 29.4 Å². The van der Waals surface area contributed by atoms with Gasteiger partial charge in [0.25, 0.3) is 0 Å². The van der Waals surface area contributed by atoms with Gasteiger partial charge in [-0.25, -0.2) is 4.79 Å². The molecule has 20 heavy (non-hydrogen) atoms. The number of hydrogen-bond acceptors (Lipinski definition) is 3. The number of aliphatic carboxylic acids is 1. The van der Waals surface area contributed by atoms with Crippen molar-refractivity contribution in [3.8, 4) is 0 Å².